The predicted octanol–water partition coefficient (Wildman–Crippen LogP) is 3.97. The molecular weight excluding hydrogens is 360 g/mol. The van der Waals surface area contributed by atoms with Crippen LogP contribution in [0.2, 0.25) is 0 Å². The summed E-state index contributed by atoms with van der Waals surface area (Å²) in [6.07, 6.45) is 1.89. The molecule has 0 aliphatic carbocycles. The maximum Gasteiger partial charge on any atom is 0.413 e. The van der Waals surface area contributed by atoms with E-state index in [2.05, 4.69) is 5.16 Å². The van der Waals surface area contributed by atoms with E-state index in [1.807, 2.05) is 65.0 Å². The Morgan fingerprint density at radius 1 is 1.29 bits per heavy atom. The van der Waals surface area contributed by atoms with Crippen molar-refractivity contribution in [3.8, 4) is 0 Å². The van der Waals surface area contributed by atoms with Crippen LogP contribution in [0.3, 0.4) is 0 Å². The van der Waals surface area contributed by atoms with Gasteiger partial charge in [-0.25, -0.2) is 4.79 Å². The summed E-state index contributed by atoms with van der Waals surface area (Å²) < 4.78 is 16.8. The molecule has 1 saturated heterocycles. The molecule has 1 amide bonds. The molecule has 0 saturated carbocycles. The van der Waals surface area contributed by atoms with Crippen LogP contribution < -0.4 is 0 Å². The van der Waals surface area contributed by atoms with Gasteiger partial charge in [0.1, 0.15) is 24.0 Å². The van der Waals surface area contributed by atoms with Crippen molar-refractivity contribution in [1.82, 2.24) is 4.90 Å². The van der Waals surface area contributed by atoms with E-state index >= 15 is 0 Å². The van der Waals surface area contributed by atoms with Crippen LogP contribution in [0, 0.1) is 0 Å². The first kappa shape index (κ1) is 22.2. The van der Waals surface area contributed by atoms with E-state index in [0.29, 0.717) is 26.4 Å². The fourth-order valence-electron chi connectivity index (χ4n) is 2.76. The standard InChI is InChI=1S/C21H32N2O5/c1-20(2,3)28-19(24)23-18(16-26-21(23,4)5)14-22-27-13-9-12-25-15-17-10-7-6-8-11-17/h6-8,10-11,14,18H,9,12-13,15-16H2,1-5H3/b22-14+. The smallest absolute Gasteiger partial charge is 0.413 e. The lowest BCUT2D eigenvalue weighted by atomic mass is 10.2. The van der Waals surface area contributed by atoms with Crippen molar-refractivity contribution in [2.45, 2.75) is 65.0 Å². The van der Waals surface area contributed by atoms with E-state index in [4.69, 9.17) is 19.0 Å². The predicted molar refractivity (Wildman–Crippen MR) is 107 cm³/mol. The summed E-state index contributed by atoms with van der Waals surface area (Å²) in [5.41, 5.74) is -0.189. The summed E-state index contributed by atoms with van der Waals surface area (Å²) in [6.45, 7) is 11.1. The molecular formula is C21H32N2O5. The number of ether oxygens (including phenoxy) is 3. The normalized spacial score (nSPS) is 19.2. The third kappa shape index (κ3) is 7.13. The van der Waals surface area contributed by atoms with Gasteiger partial charge in [-0.1, -0.05) is 35.5 Å². The lowest BCUT2D eigenvalue weighted by Gasteiger charge is -2.33. The van der Waals surface area contributed by atoms with Crippen LogP contribution in [0.25, 0.3) is 0 Å². The first-order valence-electron chi connectivity index (χ1n) is 9.62. The van der Waals surface area contributed by atoms with Gasteiger partial charge in [0.05, 0.1) is 26.0 Å². The first-order chi connectivity index (χ1) is 13.2. The number of rotatable bonds is 8. The van der Waals surface area contributed by atoms with Crippen LogP contribution in [0.1, 0.15) is 46.6 Å². The zero-order valence-electron chi connectivity index (χ0n) is 17.5. The molecule has 0 aromatic heterocycles. The highest BCUT2D eigenvalue weighted by atomic mass is 16.6. The molecule has 156 valence electrons. The summed E-state index contributed by atoms with van der Waals surface area (Å²) in [6, 6.07) is 9.69. The van der Waals surface area contributed by atoms with Crippen molar-refractivity contribution < 1.29 is 23.8 Å². The molecule has 7 nitrogen and oxygen atoms in total. The Morgan fingerprint density at radius 3 is 2.68 bits per heavy atom. The Kier molecular flexibility index (Phi) is 7.83. The highest BCUT2D eigenvalue weighted by Crippen LogP contribution is 2.28. The molecule has 0 bridgehead atoms. The highest BCUT2D eigenvalue weighted by molar-refractivity contribution is 5.77. The lowest BCUT2D eigenvalue weighted by molar-refractivity contribution is -0.0604. The number of carbonyl (C=O) groups excluding carboxylic acids is 1. The second kappa shape index (κ2) is 9.89. The van der Waals surface area contributed by atoms with E-state index in [0.717, 1.165) is 12.0 Å². The lowest BCUT2D eigenvalue weighted by Crippen LogP contribution is -2.50. The molecule has 1 atom stereocenters. The Bertz CT molecular complexity index is 640. The third-order valence-corrected chi connectivity index (χ3v) is 4.05. The van der Waals surface area contributed by atoms with Crippen LogP contribution in [0.4, 0.5) is 4.79 Å². The molecule has 28 heavy (non-hydrogen) atoms. The molecule has 1 heterocycles. The van der Waals surface area contributed by atoms with Crippen molar-refractivity contribution in [3.63, 3.8) is 0 Å². The van der Waals surface area contributed by atoms with E-state index in [1.54, 1.807) is 11.1 Å². The van der Waals surface area contributed by atoms with Gasteiger partial charge in [0.15, 0.2) is 0 Å². The molecule has 1 aliphatic heterocycles. The van der Waals surface area contributed by atoms with Gasteiger partial charge in [0.25, 0.3) is 0 Å². The molecule has 1 unspecified atom stereocenters. The minimum Gasteiger partial charge on any atom is -0.444 e. The topological polar surface area (TPSA) is 69.6 Å². The fourth-order valence-corrected chi connectivity index (χ4v) is 2.76. The van der Waals surface area contributed by atoms with Gasteiger partial charge in [-0.2, -0.15) is 0 Å². The second-order valence-corrected chi connectivity index (χ2v) is 8.15. The molecule has 0 radical (unpaired) electrons. The molecule has 2 rings (SSSR count). The maximum atomic E-state index is 12.5. The number of hydrogen-bond donors (Lipinski definition) is 0. The average Bonchev–Trinajstić information content (AvgIpc) is 2.91. The van der Waals surface area contributed by atoms with Crippen molar-refractivity contribution in [1.29, 1.82) is 0 Å². The molecule has 1 aromatic carbocycles. The van der Waals surface area contributed by atoms with Gasteiger partial charge in [0.2, 0.25) is 0 Å². The number of nitrogens with zero attached hydrogens (tertiary/aromatic N) is 2. The quantitative estimate of drug-likeness (QED) is 0.380. The van der Waals surface area contributed by atoms with Crippen molar-refractivity contribution >= 4 is 12.3 Å². The summed E-state index contributed by atoms with van der Waals surface area (Å²) in [5.74, 6) is 0. The van der Waals surface area contributed by atoms with Gasteiger partial charge in [0, 0.05) is 6.42 Å². The van der Waals surface area contributed by atoms with E-state index in [9.17, 15) is 4.79 Å². The Balaban J connectivity index is 1.71. The summed E-state index contributed by atoms with van der Waals surface area (Å²) in [5, 5.41) is 3.99. The fraction of sp³-hybridized carbons (Fsp3) is 0.619. The van der Waals surface area contributed by atoms with Crippen molar-refractivity contribution in [2.24, 2.45) is 5.16 Å². The van der Waals surface area contributed by atoms with Crippen LogP contribution in [0.5, 0.6) is 0 Å². The van der Waals surface area contributed by atoms with Gasteiger partial charge < -0.3 is 19.0 Å². The molecule has 1 aliphatic rings. The number of hydrogen-bond acceptors (Lipinski definition) is 6. The monoisotopic (exact) mass is 392 g/mol. The minimum absolute atomic E-state index is 0.334. The number of oxime groups is 1. The largest absolute Gasteiger partial charge is 0.444 e. The molecule has 1 fully saturated rings. The van der Waals surface area contributed by atoms with Gasteiger partial charge in [-0.05, 0) is 40.2 Å². The summed E-state index contributed by atoms with van der Waals surface area (Å²) in [7, 11) is 0. The minimum atomic E-state index is -0.760. The number of carbonyl (C=O) groups is 1. The first-order valence-corrected chi connectivity index (χ1v) is 9.62. The molecule has 0 spiro atoms. The molecule has 7 heteroatoms. The Labute approximate surface area is 167 Å². The van der Waals surface area contributed by atoms with Gasteiger partial charge in [-0.15, -0.1) is 0 Å². The van der Waals surface area contributed by atoms with Crippen molar-refractivity contribution in [3.05, 3.63) is 35.9 Å². The van der Waals surface area contributed by atoms with Gasteiger partial charge >= 0.3 is 6.09 Å². The molecule has 1 aromatic rings. The van der Waals surface area contributed by atoms with Crippen LogP contribution in [-0.4, -0.2) is 54.4 Å². The molecule has 0 N–H and O–H groups in total. The SMILES string of the molecule is CC(C)(C)OC(=O)N1C(/C=N/OCCCOCc2ccccc2)COC1(C)C. The third-order valence-electron chi connectivity index (χ3n) is 4.05. The second-order valence-electron chi connectivity index (χ2n) is 8.15. The Hall–Kier alpha value is -2.12. The highest BCUT2D eigenvalue weighted by Gasteiger charge is 2.45. The zero-order chi connectivity index (χ0) is 20.6. The van der Waals surface area contributed by atoms with Crippen LogP contribution >= 0.6 is 0 Å². The van der Waals surface area contributed by atoms with E-state index in [-0.39, 0.29) is 6.04 Å². The van der Waals surface area contributed by atoms with E-state index < -0.39 is 17.4 Å². The summed E-state index contributed by atoms with van der Waals surface area (Å²) >= 11 is 0. The van der Waals surface area contributed by atoms with Crippen LogP contribution in [0.15, 0.2) is 35.5 Å². The van der Waals surface area contributed by atoms with Crippen LogP contribution in [-0.2, 0) is 25.7 Å². The van der Waals surface area contributed by atoms with Gasteiger partial charge in [-0.3, -0.25) is 4.90 Å². The summed E-state index contributed by atoms with van der Waals surface area (Å²) in [4.78, 5) is 19.4. The van der Waals surface area contributed by atoms with Crippen molar-refractivity contribution in [2.75, 3.05) is 19.8 Å². The zero-order valence-corrected chi connectivity index (χ0v) is 17.5. The maximum absolute atomic E-state index is 12.5. The average molecular weight is 392 g/mol. The number of benzene rings is 1. The Morgan fingerprint density at radius 2 is 2.00 bits per heavy atom. The van der Waals surface area contributed by atoms with E-state index in [1.165, 1.54) is 0 Å². The number of amides is 1.